The number of esters is 1. The van der Waals surface area contributed by atoms with E-state index in [2.05, 4.69) is 10.2 Å². The first-order chi connectivity index (χ1) is 13.2. The van der Waals surface area contributed by atoms with Crippen LogP contribution in [0.5, 0.6) is 11.5 Å². The molecule has 1 heterocycles. The monoisotopic (exact) mass is 385 g/mol. The fraction of sp³-hybridized carbons (Fsp3) is 0.211. The van der Waals surface area contributed by atoms with Gasteiger partial charge in [0, 0.05) is 11.3 Å². The molecule has 0 bridgehead atoms. The Morgan fingerprint density at radius 3 is 2.41 bits per heavy atom. The zero-order valence-electron chi connectivity index (χ0n) is 15.2. The average Bonchev–Trinajstić information content (AvgIpc) is 3.16. The first-order valence-corrected chi connectivity index (χ1v) is 9.08. The van der Waals surface area contributed by atoms with E-state index in [0.717, 1.165) is 22.7 Å². The molecule has 27 heavy (non-hydrogen) atoms. The van der Waals surface area contributed by atoms with Gasteiger partial charge in [-0.1, -0.05) is 23.9 Å². The van der Waals surface area contributed by atoms with Crippen molar-refractivity contribution < 1.29 is 19.0 Å². The predicted molar refractivity (Wildman–Crippen MR) is 103 cm³/mol. The van der Waals surface area contributed by atoms with Crippen molar-refractivity contribution >= 4 is 17.7 Å². The molecule has 0 N–H and O–H groups in total. The number of benzene rings is 2. The van der Waals surface area contributed by atoms with Crippen molar-refractivity contribution in [2.45, 2.75) is 5.16 Å². The summed E-state index contributed by atoms with van der Waals surface area (Å²) in [5.41, 5.74) is 1.70. The van der Waals surface area contributed by atoms with Crippen LogP contribution in [0.25, 0.3) is 17.1 Å². The van der Waals surface area contributed by atoms with Gasteiger partial charge in [-0.25, -0.2) is 0 Å². The smallest absolute Gasteiger partial charge is 0.316 e. The van der Waals surface area contributed by atoms with E-state index in [9.17, 15) is 4.79 Å². The molecule has 3 aromatic rings. The Morgan fingerprint density at radius 2 is 1.74 bits per heavy atom. The van der Waals surface area contributed by atoms with Gasteiger partial charge < -0.3 is 14.2 Å². The number of hydrogen-bond donors (Lipinski definition) is 0. The van der Waals surface area contributed by atoms with Gasteiger partial charge in [-0.05, 0) is 36.4 Å². The fourth-order valence-electron chi connectivity index (χ4n) is 2.46. The van der Waals surface area contributed by atoms with Crippen LogP contribution in [0, 0.1) is 0 Å². The molecule has 8 heteroatoms. The summed E-state index contributed by atoms with van der Waals surface area (Å²) >= 11 is 1.26. The second kappa shape index (κ2) is 8.59. The molecule has 0 atom stereocenters. The van der Waals surface area contributed by atoms with Crippen molar-refractivity contribution in [2.75, 3.05) is 27.1 Å². The number of hydrogen-bond acceptors (Lipinski definition) is 7. The molecule has 0 fully saturated rings. The minimum atomic E-state index is -0.327. The first kappa shape index (κ1) is 18.8. The van der Waals surface area contributed by atoms with Crippen LogP contribution in [0.3, 0.4) is 0 Å². The highest BCUT2D eigenvalue weighted by molar-refractivity contribution is 7.99. The number of carbonyl (C=O) groups is 1. The van der Waals surface area contributed by atoms with E-state index in [0.29, 0.717) is 11.0 Å². The number of rotatable bonds is 7. The quantitative estimate of drug-likeness (QED) is 0.457. The van der Waals surface area contributed by atoms with Crippen molar-refractivity contribution in [1.82, 2.24) is 14.8 Å². The number of nitrogens with zero attached hydrogens (tertiary/aromatic N) is 3. The molecule has 0 unspecified atom stereocenters. The molecule has 1 aromatic heterocycles. The van der Waals surface area contributed by atoms with E-state index in [1.807, 2.05) is 53.1 Å². The first-order valence-electron chi connectivity index (χ1n) is 8.10. The fourth-order valence-corrected chi connectivity index (χ4v) is 3.24. The molecule has 0 radical (unpaired) electrons. The Labute approximate surface area is 161 Å². The van der Waals surface area contributed by atoms with Crippen LogP contribution in [-0.4, -0.2) is 47.8 Å². The maximum atomic E-state index is 11.5. The second-order valence-corrected chi connectivity index (χ2v) is 6.38. The molecule has 0 amide bonds. The summed E-state index contributed by atoms with van der Waals surface area (Å²) in [5.74, 6) is 1.93. The van der Waals surface area contributed by atoms with Crippen LogP contribution >= 0.6 is 11.8 Å². The third kappa shape index (κ3) is 4.22. The topological polar surface area (TPSA) is 75.5 Å². The zero-order chi connectivity index (χ0) is 19.2. The van der Waals surface area contributed by atoms with Gasteiger partial charge in [-0.15, -0.1) is 10.2 Å². The SMILES string of the molecule is COC(=O)CSc1nnc(-c2cccc(OC)c2)n1-c1ccc(OC)cc1. The molecular formula is C19H19N3O4S. The van der Waals surface area contributed by atoms with Crippen LogP contribution in [-0.2, 0) is 9.53 Å². The van der Waals surface area contributed by atoms with Gasteiger partial charge in [0.2, 0.25) is 0 Å². The Kier molecular flexibility index (Phi) is 5.97. The van der Waals surface area contributed by atoms with Crippen molar-refractivity contribution in [3.8, 4) is 28.6 Å². The molecule has 0 spiro atoms. The molecule has 0 saturated heterocycles. The maximum Gasteiger partial charge on any atom is 0.316 e. The molecule has 0 aliphatic heterocycles. The van der Waals surface area contributed by atoms with E-state index in [4.69, 9.17) is 14.2 Å². The molecule has 0 saturated carbocycles. The highest BCUT2D eigenvalue weighted by Gasteiger charge is 2.18. The van der Waals surface area contributed by atoms with Gasteiger partial charge in [0.1, 0.15) is 11.5 Å². The van der Waals surface area contributed by atoms with Crippen molar-refractivity contribution in [1.29, 1.82) is 0 Å². The molecule has 7 nitrogen and oxygen atoms in total. The number of aromatic nitrogens is 3. The highest BCUT2D eigenvalue weighted by Crippen LogP contribution is 2.30. The van der Waals surface area contributed by atoms with E-state index >= 15 is 0 Å². The van der Waals surface area contributed by atoms with Crippen LogP contribution < -0.4 is 9.47 Å². The number of methoxy groups -OCH3 is 3. The van der Waals surface area contributed by atoms with E-state index in [-0.39, 0.29) is 11.7 Å². The summed E-state index contributed by atoms with van der Waals surface area (Å²) in [6, 6.07) is 15.1. The minimum absolute atomic E-state index is 0.142. The second-order valence-electron chi connectivity index (χ2n) is 5.44. The lowest BCUT2D eigenvalue weighted by Gasteiger charge is -2.11. The lowest BCUT2D eigenvalue weighted by Crippen LogP contribution is -2.05. The molecule has 3 rings (SSSR count). The van der Waals surface area contributed by atoms with E-state index < -0.39 is 0 Å². The van der Waals surface area contributed by atoms with E-state index in [1.165, 1.54) is 18.9 Å². The summed E-state index contributed by atoms with van der Waals surface area (Å²) < 4.78 is 17.2. The minimum Gasteiger partial charge on any atom is -0.497 e. The van der Waals surface area contributed by atoms with Gasteiger partial charge in [-0.2, -0.15) is 0 Å². The molecule has 2 aromatic carbocycles. The van der Waals surface area contributed by atoms with Gasteiger partial charge >= 0.3 is 5.97 Å². The Bertz CT molecular complexity index is 925. The number of carbonyl (C=O) groups excluding carboxylic acids is 1. The van der Waals surface area contributed by atoms with Crippen molar-refractivity contribution in [2.24, 2.45) is 0 Å². The molecule has 140 valence electrons. The Hall–Kier alpha value is -3.00. The van der Waals surface area contributed by atoms with Crippen molar-refractivity contribution in [3.63, 3.8) is 0 Å². The largest absolute Gasteiger partial charge is 0.497 e. The van der Waals surface area contributed by atoms with Crippen LogP contribution in [0.4, 0.5) is 0 Å². The van der Waals surface area contributed by atoms with Crippen LogP contribution in [0.1, 0.15) is 0 Å². The van der Waals surface area contributed by atoms with Crippen LogP contribution in [0.15, 0.2) is 53.7 Å². The van der Waals surface area contributed by atoms with Crippen molar-refractivity contribution in [3.05, 3.63) is 48.5 Å². The summed E-state index contributed by atoms with van der Waals surface area (Å²) in [7, 11) is 4.59. The summed E-state index contributed by atoms with van der Waals surface area (Å²) in [4.78, 5) is 11.5. The zero-order valence-corrected chi connectivity index (χ0v) is 16.0. The standard InChI is InChI=1S/C19H19N3O4S/c1-24-15-9-7-14(8-10-15)22-18(13-5-4-6-16(11-13)25-2)20-21-19(22)27-12-17(23)26-3/h4-11H,12H2,1-3H3. The lowest BCUT2D eigenvalue weighted by molar-refractivity contribution is -0.137. The lowest BCUT2D eigenvalue weighted by atomic mass is 10.2. The van der Waals surface area contributed by atoms with E-state index in [1.54, 1.807) is 14.2 Å². The normalized spacial score (nSPS) is 10.5. The predicted octanol–water partition coefficient (Wildman–Crippen LogP) is 3.22. The molecular weight excluding hydrogens is 366 g/mol. The number of ether oxygens (including phenoxy) is 3. The highest BCUT2D eigenvalue weighted by atomic mass is 32.2. The third-order valence-electron chi connectivity index (χ3n) is 3.84. The van der Waals surface area contributed by atoms with Crippen LogP contribution in [0.2, 0.25) is 0 Å². The summed E-state index contributed by atoms with van der Waals surface area (Å²) in [6.45, 7) is 0. The summed E-state index contributed by atoms with van der Waals surface area (Å²) in [6.07, 6.45) is 0. The Morgan fingerprint density at radius 1 is 1.00 bits per heavy atom. The molecule has 0 aliphatic rings. The average molecular weight is 385 g/mol. The van der Waals surface area contributed by atoms with Gasteiger partial charge in [0.05, 0.1) is 27.1 Å². The third-order valence-corrected chi connectivity index (χ3v) is 4.74. The molecule has 0 aliphatic carbocycles. The number of thioether (sulfide) groups is 1. The Balaban J connectivity index is 2.06. The van der Waals surface area contributed by atoms with Gasteiger partial charge in [-0.3, -0.25) is 9.36 Å². The summed E-state index contributed by atoms with van der Waals surface area (Å²) in [5, 5.41) is 9.19. The maximum absolute atomic E-state index is 11.5. The van der Waals surface area contributed by atoms with Gasteiger partial charge in [0.15, 0.2) is 11.0 Å². The van der Waals surface area contributed by atoms with Gasteiger partial charge in [0.25, 0.3) is 0 Å².